The lowest BCUT2D eigenvalue weighted by Crippen LogP contribution is -2.22. The first-order valence-electron chi connectivity index (χ1n) is 8.58. The van der Waals surface area contributed by atoms with E-state index in [1.165, 1.54) is 4.52 Å². The standard InChI is InChI=1S/C14H17N5O2.C3H6.C2H6/c1-14(2,20)7-10-16-12-8-5-4-6-9(21-3)11(8)17-13(15)19(12)18-10;1-3-2;1-2/h4-6,20H,7H2,1-3H3,(H2,15,17);3H,1H2,2H3;1-2H3. The molecule has 142 valence electrons. The van der Waals surface area contributed by atoms with Crippen molar-refractivity contribution in [2.75, 3.05) is 12.8 Å². The Labute approximate surface area is 154 Å². The number of nitrogens with zero attached hydrogens (tertiary/aromatic N) is 4. The smallest absolute Gasteiger partial charge is 0.223 e. The van der Waals surface area contributed by atoms with E-state index in [9.17, 15) is 5.11 Å². The van der Waals surface area contributed by atoms with Crippen molar-refractivity contribution in [3.05, 3.63) is 36.7 Å². The predicted molar refractivity (Wildman–Crippen MR) is 106 cm³/mol. The maximum absolute atomic E-state index is 9.90. The molecule has 3 N–H and O–H groups in total. The lowest BCUT2D eigenvalue weighted by atomic mass is 10.1. The number of aromatic nitrogens is 4. The number of aliphatic hydroxyl groups is 1. The van der Waals surface area contributed by atoms with Gasteiger partial charge in [-0.2, -0.15) is 4.52 Å². The Kier molecular flexibility index (Phi) is 7.52. The van der Waals surface area contributed by atoms with E-state index >= 15 is 0 Å². The van der Waals surface area contributed by atoms with Crippen LogP contribution in [0.5, 0.6) is 5.75 Å². The molecule has 0 amide bonds. The molecule has 0 fully saturated rings. The minimum Gasteiger partial charge on any atom is -0.494 e. The predicted octanol–water partition coefficient (Wildman–Crippen LogP) is 3.40. The molecule has 7 heteroatoms. The van der Waals surface area contributed by atoms with Crippen molar-refractivity contribution in [1.29, 1.82) is 0 Å². The third kappa shape index (κ3) is 4.92. The van der Waals surface area contributed by atoms with Crippen LogP contribution in [0.25, 0.3) is 16.6 Å². The number of nitrogen functional groups attached to an aromatic ring is 1. The van der Waals surface area contributed by atoms with Crippen LogP contribution in [0.1, 0.15) is 40.4 Å². The van der Waals surface area contributed by atoms with Gasteiger partial charge in [-0.1, -0.05) is 26.0 Å². The topological polar surface area (TPSA) is 98.6 Å². The van der Waals surface area contributed by atoms with E-state index in [1.54, 1.807) is 27.0 Å². The molecular formula is C19H29N5O2. The van der Waals surface area contributed by atoms with E-state index in [0.29, 0.717) is 29.2 Å². The van der Waals surface area contributed by atoms with Crippen molar-refractivity contribution in [1.82, 2.24) is 19.6 Å². The number of nitrogens with two attached hydrogens (primary N) is 1. The van der Waals surface area contributed by atoms with Gasteiger partial charge in [-0.25, -0.2) is 9.97 Å². The van der Waals surface area contributed by atoms with E-state index in [-0.39, 0.29) is 5.95 Å². The van der Waals surface area contributed by atoms with Gasteiger partial charge in [0.15, 0.2) is 11.5 Å². The summed E-state index contributed by atoms with van der Waals surface area (Å²) in [6.45, 7) is 12.7. The number of anilines is 1. The number of hydrogen-bond acceptors (Lipinski definition) is 6. The SMILES string of the molecule is C=CC.CC.COc1cccc2c1nc(N)n1nc(CC(C)(C)O)nc21. The minimum atomic E-state index is -0.888. The highest BCUT2D eigenvalue weighted by molar-refractivity contribution is 5.95. The monoisotopic (exact) mass is 359 g/mol. The molecule has 0 aliphatic heterocycles. The summed E-state index contributed by atoms with van der Waals surface area (Å²) in [4.78, 5) is 8.81. The van der Waals surface area contributed by atoms with Gasteiger partial charge in [-0.3, -0.25) is 0 Å². The maximum atomic E-state index is 9.90. The van der Waals surface area contributed by atoms with Crippen LogP contribution in [0.2, 0.25) is 0 Å². The summed E-state index contributed by atoms with van der Waals surface area (Å²) < 4.78 is 6.79. The molecule has 7 nitrogen and oxygen atoms in total. The molecule has 26 heavy (non-hydrogen) atoms. The van der Waals surface area contributed by atoms with Gasteiger partial charge in [0.05, 0.1) is 12.7 Å². The Morgan fingerprint density at radius 3 is 2.46 bits per heavy atom. The molecule has 2 aromatic heterocycles. The third-order valence-corrected chi connectivity index (χ3v) is 3.14. The zero-order valence-corrected chi connectivity index (χ0v) is 16.4. The highest BCUT2D eigenvalue weighted by Crippen LogP contribution is 2.27. The van der Waals surface area contributed by atoms with Crippen LogP contribution in [0, 0.1) is 0 Å². The van der Waals surface area contributed by atoms with Crippen LogP contribution >= 0.6 is 0 Å². The van der Waals surface area contributed by atoms with E-state index in [4.69, 9.17) is 10.5 Å². The summed E-state index contributed by atoms with van der Waals surface area (Å²) in [6.07, 6.45) is 2.08. The van der Waals surface area contributed by atoms with Crippen LogP contribution in [0.15, 0.2) is 30.9 Å². The van der Waals surface area contributed by atoms with Gasteiger partial charge in [0.2, 0.25) is 5.95 Å². The van der Waals surface area contributed by atoms with Gasteiger partial charge < -0.3 is 15.6 Å². The molecule has 0 radical (unpaired) electrons. The zero-order valence-electron chi connectivity index (χ0n) is 16.4. The summed E-state index contributed by atoms with van der Waals surface area (Å²) in [5.74, 6) is 1.39. The van der Waals surface area contributed by atoms with Crippen LogP contribution in [-0.2, 0) is 6.42 Å². The number of benzene rings is 1. The Bertz CT molecular complexity index is 866. The van der Waals surface area contributed by atoms with Gasteiger partial charge in [-0.15, -0.1) is 11.7 Å². The third-order valence-electron chi connectivity index (χ3n) is 3.14. The molecule has 0 atom stereocenters. The number of rotatable bonds is 3. The van der Waals surface area contributed by atoms with Gasteiger partial charge in [-0.05, 0) is 32.9 Å². The lowest BCUT2D eigenvalue weighted by Gasteiger charge is -2.13. The number of allylic oxidation sites excluding steroid dienone is 1. The average Bonchev–Trinajstić information content (AvgIpc) is 3.00. The molecule has 3 aromatic rings. The first kappa shape index (κ1) is 21.4. The van der Waals surface area contributed by atoms with E-state index in [0.717, 1.165) is 5.39 Å². The van der Waals surface area contributed by atoms with Gasteiger partial charge in [0.25, 0.3) is 0 Å². The summed E-state index contributed by atoms with van der Waals surface area (Å²) in [7, 11) is 1.58. The molecule has 3 rings (SSSR count). The van der Waals surface area contributed by atoms with Crippen molar-refractivity contribution in [2.24, 2.45) is 0 Å². The largest absolute Gasteiger partial charge is 0.494 e. The Morgan fingerprint density at radius 2 is 1.92 bits per heavy atom. The fraction of sp³-hybridized carbons (Fsp3) is 0.421. The normalized spacial score (nSPS) is 10.6. The van der Waals surface area contributed by atoms with Gasteiger partial charge in [0, 0.05) is 11.8 Å². The molecule has 0 unspecified atom stereocenters. The average molecular weight is 359 g/mol. The first-order chi connectivity index (χ1) is 12.3. The second-order valence-electron chi connectivity index (χ2n) is 5.99. The molecule has 0 aliphatic carbocycles. The van der Waals surface area contributed by atoms with Crippen molar-refractivity contribution >= 4 is 22.5 Å². The summed E-state index contributed by atoms with van der Waals surface area (Å²) in [6, 6.07) is 5.57. The minimum absolute atomic E-state index is 0.233. The van der Waals surface area contributed by atoms with Crippen molar-refractivity contribution in [3.8, 4) is 5.75 Å². The maximum Gasteiger partial charge on any atom is 0.223 e. The van der Waals surface area contributed by atoms with Crippen LogP contribution < -0.4 is 10.5 Å². The van der Waals surface area contributed by atoms with E-state index in [1.807, 2.05) is 39.0 Å². The Balaban J connectivity index is 0.000000615. The van der Waals surface area contributed by atoms with E-state index < -0.39 is 5.60 Å². The second-order valence-corrected chi connectivity index (χ2v) is 5.99. The van der Waals surface area contributed by atoms with Crippen molar-refractivity contribution in [3.63, 3.8) is 0 Å². The first-order valence-corrected chi connectivity index (χ1v) is 8.58. The molecule has 0 saturated carbocycles. The summed E-state index contributed by atoms with van der Waals surface area (Å²) in [5, 5.41) is 15.0. The fourth-order valence-electron chi connectivity index (χ4n) is 2.30. The fourth-order valence-corrected chi connectivity index (χ4v) is 2.30. The van der Waals surface area contributed by atoms with Crippen molar-refractivity contribution in [2.45, 2.75) is 46.6 Å². The molecule has 0 aliphatic rings. The molecule has 0 saturated heterocycles. The highest BCUT2D eigenvalue weighted by Gasteiger charge is 2.19. The Hall–Kier alpha value is -2.67. The van der Waals surface area contributed by atoms with Gasteiger partial charge in [0.1, 0.15) is 11.3 Å². The van der Waals surface area contributed by atoms with Crippen LogP contribution in [0.4, 0.5) is 5.95 Å². The number of fused-ring (bicyclic) bond motifs is 3. The molecule has 0 spiro atoms. The van der Waals surface area contributed by atoms with Gasteiger partial charge >= 0.3 is 0 Å². The number of para-hydroxylation sites is 1. The van der Waals surface area contributed by atoms with Crippen LogP contribution in [0.3, 0.4) is 0 Å². The molecule has 1 aromatic carbocycles. The van der Waals surface area contributed by atoms with E-state index in [2.05, 4.69) is 21.6 Å². The number of methoxy groups -OCH3 is 1. The molecule has 2 heterocycles. The number of hydrogen-bond donors (Lipinski definition) is 2. The summed E-state index contributed by atoms with van der Waals surface area (Å²) >= 11 is 0. The quantitative estimate of drug-likeness (QED) is 0.696. The van der Waals surface area contributed by atoms with Crippen LogP contribution in [-0.4, -0.2) is 37.4 Å². The molecule has 0 bridgehead atoms. The molecular weight excluding hydrogens is 330 g/mol. The Morgan fingerprint density at radius 1 is 1.31 bits per heavy atom. The summed E-state index contributed by atoms with van der Waals surface area (Å²) in [5.41, 5.74) is 6.32. The van der Waals surface area contributed by atoms with Crippen molar-refractivity contribution < 1.29 is 9.84 Å². The second kappa shape index (κ2) is 9.15. The number of ether oxygens (including phenoxy) is 1. The lowest BCUT2D eigenvalue weighted by molar-refractivity contribution is 0.0788. The zero-order chi connectivity index (χ0) is 19.9. The highest BCUT2D eigenvalue weighted by atomic mass is 16.5.